The van der Waals surface area contributed by atoms with Gasteiger partial charge in [-0.2, -0.15) is 0 Å². The quantitative estimate of drug-likeness (QED) is 0.509. The Balaban J connectivity index is 1.37. The number of carbonyl (C=O) groups is 2. The molecule has 1 saturated heterocycles. The van der Waals surface area contributed by atoms with E-state index in [1.807, 2.05) is 50.4 Å². The second-order valence-corrected chi connectivity index (χ2v) is 9.96. The highest BCUT2D eigenvalue weighted by molar-refractivity contribution is 8.16. The third-order valence-corrected chi connectivity index (χ3v) is 7.89. The van der Waals surface area contributed by atoms with Gasteiger partial charge in [0.25, 0.3) is 0 Å². The first-order chi connectivity index (χ1) is 18.4. The summed E-state index contributed by atoms with van der Waals surface area (Å²) in [5, 5.41) is 2.61. The molecule has 0 saturated carbocycles. The van der Waals surface area contributed by atoms with Crippen molar-refractivity contribution in [3.05, 3.63) is 82.3 Å². The topological polar surface area (TPSA) is 74.7 Å². The SMILES string of the molecule is COC(=O)C1=C(C)N=C2SC=C(CC(=O)N3CCN(c4ccccc4F)CC3)N2[C@@H]1c1ccccc1OC. The van der Waals surface area contributed by atoms with Crippen LogP contribution in [0, 0.1) is 5.82 Å². The van der Waals surface area contributed by atoms with E-state index in [-0.39, 0.29) is 18.1 Å². The lowest BCUT2D eigenvalue weighted by Crippen LogP contribution is -2.49. The second-order valence-electron chi connectivity index (χ2n) is 9.12. The number of ether oxygens (including phenoxy) is 2. The molecule has 10 heteroatoms. The van der Waals surface area contributed by atoms with Crippen LogP contribution in [0.5, 0.6) is 5.75 Å². The van der Waals surface area contributed by atoms with Crippen molar-refractivity contribution >= 4 is 34.5 Å². The molecule has 0 bridgehead atoms. The Bertz CT molecular complexity index is 1350. The minimum Gasteiger partial charge on any atom is -0.496 e. The zero-order valence-corrected chi connectivity index (χ0v) is 22.3. The van der Waals surface area contributed by atoms with Crippen molar-refractivity contribution in [2.75, 3.05) is 45.3 Å². The van der Waals surface area contributed by atoms with Gasteiger partial charge in [0.05, 0.1) is 43.6 Å². The number of amidine groups is 1. The summed E-state index contributed by atoms with van der Waals surface area (Å²) in [6, 6.07) is 13.7. The highest BCUT2D eigenvalue weighted by Gasteiger charge is 2.42. The number of halogens is 1. The van der Waals surface area contributed by atoms with Gasteiger partial charge >= 0.3 is 5.97 Å². The molecule has 0 aliphatic carbocycles. The summed E-state index contributed by atoms with van der Waals surface area (Å²) in [4.78, 5) is 36.8. The number of benzene rings is 2. The first-order valence-electron chi connectivity index (χ1n) is 12.4. The molecular weight excluding hydrogens is 507 g/mol. The van der Waals surface area contributed by atoms with Gasteiger partial charge in [-0.15, -0.1) is 0 Å². The van der Waals surface area contributed by atoms with Crippen LogP contribution in [-0.2, 0) is 14.3 Å². The van der Waals surface area contributed by atoms with Gasteiger partial charge in [0.2, 0.25) is 5.91 Å². The molecule has 5 rings (SSSR count). The van der Waals surface area contributed by atoms with Gasteiger partial charge < -0.3 is 24.2 Å². The zero-order valence-electron chi connectivity index (χ0n) is 21.5. The molecule has 2 aromatic carbocycles. The molecule has 1 fully saturated rings. The van der Waals surface area contributed by atoms with E-state index in [1.54, 1.807) is 26.2 Å². The summed E-state index contributed by atoms with van der Waals surface area (Å²) in [5.74, 6) is -0.145. The van der Waals surface area contributed by atoms with E-state index in [2.05, 4.69) is 4.99 Å². The molecule has 3 aliphatic heterocycles. The number of hydrogen-bond acceptors (Lipinski definition) is 8. The number of allylic oxidation sites excluding steroid dienone is 1. The number of thioether (sulfide) groups is 1. The summed E-state index contributed by atoms with van der Waals surface area (Å²) in [5.41, 5.74) is 3.05. The number of aliphatic imine (C=N–C) groups is 1. The number of fused-ring (bicyclic) bond motifs is 1. The Hall–Kier alpha value is -3.79. The van der Waals surface area contributed by atoms with Crippen LogP contribution in [0.3, 0.4) is 0 Å². The second kappa shape index (κ2) is 10.9. The van der Waals surface area contributed by atoms with E-state index in [9.17, 15) is 14.0 Å². The molecule has 0 spiro atoms. The van der Waals surface area contributed by atoms with Crippen molar-refractivity contribution < 1.29 is 23.5 Å². The van der Waals surface area contributed by atoms with E-state index in [0.29, 0.717) is 54.1 Å². The van der Waals surface area contributed by atoms with Gasteiger partial charge in [-0.1, -0.05) is 42.1 Å². The first kappa shape index (κ1) is 25.8. The molecule has 0 N–H and O–H groups in total. The fourth-order valence-corrected chi connectivity index (χ4v) is 6.06. The molecule has 1 amide bonds. The fourth-order valence-electron chi connectivity index (χ4n) is 5.10. The summed E-state index contributed by atoms with van der Waals surface area (Å²) in [6.45, 7) is 3.88. The summed E-state index contributed by atoms with van der Waals surface area (Å²) in [7, 11) is 2.94. The maximum Gasteiger partial charge on any atom is 0.338 e. The highest BCUT2D eigenvalue weighted by Crippen LogP contribution is 2.47. The number of methoxy groups -OCH3 is 2. The lowest BCUT2D eigenvalue weighted by atomic mass is 9.93. The number of carbonyl (C=O) groups excluding carboxylic acids is 2. The highest BCUT2D eigenvalue weighted by atomic mass is 32.2. The molecule has 3 heterocycles. The number of piperazine rings is 1. The summed E-state index contributed by atoms with van der Waals surface area (Å²) < 4.78 is 25.0. The average molecular weight is 537 g/mol. The number of esters is 1. The van der Waals surface area contributed by atoms with Crippen molar-refractivity contribution in [2.45, 2.75) is 19.4 Å². The number of hydrogen-bond donors (Lipinski definition) is 0. The largest absolute Gasteiger partial charge is 0.496 e. The van der Waals surface area contributed by atoms with E-state index < -0.39 is 12.0 Å². The molecule has 2 aromatic rings. The van der Waals surface area contributed by atoms with E-state index in [1.165, 1.54) is 24.9 Å². The summed E-state index contributed by atoms with van der Waals surface area (Å²) in [6.07, 6.45) is 0.144. The van der Waals surface area contributed by atoms with Crippen LogP contribution >= 0.6 is 11.8 Å². The van der Waals surface area contributed by atoms with Crippen molar-refractivity contribution in [3.63, 3.8) is 0 Å². The van der Waals surface area contributed by atoms with Crippen LogP contribution in [0.15, 0.2) is 75.9 Å². The number of nitrogens with zero attached hydrogens (tertiary/aromatic N) is 4. The lowest BCUT2D eigenvalue weighted by Gasteiger charge is -2.38. The lowest BCUT2D eigenvalue weighted by molar-refractivity contribution is -0.136. The molecule has 8 nitrogen and oxygen atoms in total. The minimum atomic E-state index is -0.557. The van der Waals surface area contributed by atoms with Crippen molar-refractivity contribution in [1.82, 2.24) is 9.80 Å². The van der Waals surface area contributed by atoms with Crippen LogP contribution < -0.4 is 9.64 Å². The number of anilines is 1. The van der Waals surface area contributed by atoms with Crippen LogP contribution in [0.1, 0.15) is 24.9 Å². The molecule has 0 radical (unpaired) electrons. The van der Waals surface area contributed by atoms with Gasteiger partial charge in [0.1, 0.15) is 11.6 Å². The zero-order chi connectivity index (χ0) is 26.8. The Morgan fingerprint density at radius 3 is 2.47 bits per heavy atom. The van der Waals surface area contributed by atoms with Gasteiger partial charge in [-0.05, 0) is 30.5 Å². The molecule has 0 aromatic heterocycles. The Kier molecular flexibility index (Phi) is 7.42. The van der Waals surface area contributed by atoms with Crippen molar-refractivity contribution in [2.24, 2.45) is 4.99 Å². The first-order valence-corrected chi connectivity index (χ1v) is 13.2. The fraction of sp³-hybridized carbons (Fsp3) is 0.321. The average Bonchev–Trinajstić information content (AvgIpc) is 3.33. The third kappa shape index (κ3) is 4.76. The standard InChI is InChI=1S/C28H29FN4O4S/c1-18-25(27(35)37-3)26(20-8-4-7-11-23(20)36-2)33-19(17-38-28(33)30-18)16-24(34)32-14-12-31(13-15-32)22-10-6-5-9-21(22)29/h4-11,17,26H,12-16H2,1-3H3/t26-/m1/s1. The smallest absolute Gasteiger partial charge is 0.338 e. The molecule has 3 aliphatic rings. The monoisotopic (exact) mass is 536 g/mol. The molecule has 1 atom stereocenters. The number of para-hydroxylation sites is 2. The Morgan fingerprint density at radius 2 is 1.76 bits per heavy atom. The Labute approximate surface area is 225 Å². The van der Waals surface area contributed by atoms with Crippen LogP contribution in [0.4, 0.5) is 10.1 Å². The van der Waals surface area contributed by atoms with Gasteiger partial charge in [-0.25, -0.2) is 14.2 Å². The minimum absolute atomic E-state index is 0.0315. The van der Waals surface area contributed by atoms with E-state index in [4.69, 9.17) is 9.47 Å². The number of amides is 1. The predicted molar refractivity (Wildman–Crippen MR) is 145 cm³/mol. The molecule has 0 unspecified atom stereocenters. The Morgan fingerprint density at radius 1 is 1.05 bits per heavy atom. The van der Waals surface area contributed by atoms with Crippen LogP contribution in [-0.4, -0.2) is 67.2 Å². The molecule has 38 heavy (non-hydrogen) atoms. The van der Waals surface area contributed by atoms with Gasteiger partial charge in [-0.3, -0.25) is 4.79 Å². The van der Waals surface area contributed by atoms with E-state index >= 15 is 0 Å². The molecular formula is C28H29FN4O4S. The van der Waals surface area contributed by atoms with Gasteiger partial charge in [0.15, 0.2) is 5.17 Å². The molecule has 198 valence electrons. The predicted octanol–water partition coefficient (Wildman–Crippen LogP) is 4.32. The van der Waals surface area contributed by atoms with Crippen molar-refractivity contribution in [1.29, 1.82) is 0 Å². The van der Waals surface area contributed by atoms with Crippen LogP contribution in [0.2, 0.25) is 0 Å². The van der Waals surface area contributed by atoms with Crippen LogP contribution in [0.25, 0.3) is 0 Å². The maximum atomic E-state index is 14.2. The van der Waals surface area contributed by atoms with Gasteiger partial charge in [0, 0.05) is 37.4 Å². The van der Waals surface area contributed by atoms with E-state index in [0.717, 1.165) is 11.3 Å². The number of rotatable bonds is 6. The normalized spacial score (nSPS) is 19.2. The van der Waals surface area contributed by atoms with Crippen molar-refractivity contribution in [3.8, 4) is 5.75 Å². The summed E-state index contributed by atoms with van der Waals surface area (Å²) >= 11 is 1.43. The third-order valence-electron chi connectivity index (χ3n) is 7.00. The maximum absolute atomic E-state index is 14.2.